The van der Waals surface area contributed by atoms with Gasteiger partial charge in [-0.25, -0.2) is 0 Å². The predicted octanol–water partition coefficient (Wildman–Crippen LogP) is 4.93. The molecule has 2 aromatic carbocycles. The predicted molar refractivity (Wildman–Crippen MR) is 103 cm³/mol. The van der Waals surface area contributed by atoms with Crippen LogP contribution in [-0.4, -0.2) is 16.7 Å². The second-order valence-electron chi connectivity index (χ2n) is 5.65. The van der Waals surface area contributed by atoms with Crippen LogP contribution in [0.4, 0.5) is 17.1 Å². The molecule has 0 unspecified atom stereocenters. The number of halogens is 1. The van der Waals surface area contributed by atoms with Crippen molar-refractivity contribution in [2.24, 2.45) is 0 Å². The summed E-state index contributed by atoms with van der Waals surface area (Å²) in [5, 5.41) is 6.49. The number of anilines is 3. The van der Waals surface area contributed by atoms with Gasteiger partial charge in [0.15, 0.2) is 5.78 Å². The first-order valence-corrected chi connectivity index (χ1v) is 8.30. The molecule has 5 nitrogen and oxygen atoms in total. The minimum absolute atomic E-state index is 0.0143. The Morgan fingerprint density at radius 2 is 1.69 bits per heavy atom. The van der Waals surface area contributed by atoms with Crippen LogP contribution in [0, 0.1) is 0 Å². The van der Waals surface area contributed by atoms with Gasteiger partial charge >= 0.3 is 0 Å². The van der Waals surface area contributed by atoms with Crippen molar-refractivity contribution in [1.29, 1.82) is 0 Å². The number of nitrogens with zero attached hydrogens (tertiary/aromatic N) is 1. The number of Topliss-reactive ketones (excluding diaryl/α,β-unsaturated/α-hetero) is 1. The van der Waals surface area contributed by atoms with Crippen LogP contribution in [0.2, 0.25) is 5.02 Å². The minimum atomic E-state index is -0.331. The number of hydrogen-bond donors (Lipinski definition) is 2. The minimum Gasteiger partial charge on any atom is -0.355 e. The van der Waals surface area contributed by atoms with Gasteiger partial charge in [-0.05, 0) is 61.5 Å². The molecule has 0 fully saturated rings. The van der Waals surface area contributed by atoms with Crippen molar-refractivity contribution >= 4 is 40.4 Å². The molecular weight excluding hydrogens is 350 g/mol. The number of carbonyl (C=O) groups excluding carboxylic acids is 2. The Morgan fingerprint density at radius 3 is 2.38 bits per heavy atom. The first kappa shape index (κ1) is 17.6. The molecular formula is C20H16ClN3O2. The van der Waals surface area contributed by atoms with Gasteiger partial charge in [-0.1, -0.05) is 17.7 Å². The highest BCUT2D eigenvalue weighted by molar-refractivity contribution is 6.30. The number of aromatic nitrogens is 1. The second kappa shape index (κ2) is 7.80. The summed E-state index contributed by atoms with van der Waals surface area (Å²) in [7, 11) is 0. The zero-order valence-electron chi connectivity index (χ0n) is 14.0. The van der Waals surface area contributed by atoms with Crippen LogP contribution in [0.15, 0.2) is 66.9 Å². The van der Waals surface area contributed by atoms with Gasteiger partial charge in [0, 0.05) is 33.8 Å². The Kier molecular flexibility index (Phi) is 5.29. The lowest BCUT2D eigenvalue weighted by molar-refractivity contribution is 0.101. The van der Waals surface area contributed by atoms with Crippen molar-refractivity contribution in [1.82, 2.24) is 4.98 Å². The highest BCUT2D eigenvalue weighted by Crippen LogP contribution is 2.19. The zero-order chi connectivity index (χ0) is 18.5. The van der Waals surface area contributed by atoms with E-state index in [1.54, 1.807) is 54.7 Å². The molecule has 1 aromatic heterocycles. The van der Waals surface area contributed by atoms with Crippen LogP contribution in [0.25, 0.3) is 0 Å². The molecule has 0 saturated carbocycles. The Hall–Kier alpha value is -3.18. The number of carbonyl (C=O) groups is 2. The van der Waals surface area contributed by atoms with E-state index in [9.17, 15) is 9.59 Å². The fourth-order valence-corrected chi connectivity index (χ4v) is 2.54. The lowest BCUT2D eigenvalue weighted by Crippen LogP contribution is -2.13. The molecule has 3 rings (SSSR count). The van der Waals surface area contributed by atoms with Gasteiger partial charge in [0.2, 0.25) is 0 Å². The smallest absolute Gasteiger partial charge is 0.274 e. The van der Waals surface area contributed by atoms with Crippen molar-refractivity contribution in [3.63, 3.8) is 0 Å². The van der Waals surface area contributed by atoms with E-state index in [1.807, 2.05) is 12.1 Å². The van der Waals surface area contributed by atoms with Crippen LogP contribution in [0.5, 0.6) is 0 Å². The molecule has 0 aliphatic heterocycles. The van der Waals surface area contributed by atoms with E-state index in [2.05, 4.69) is 15.6 Å². The summed E-state index contributed by atoms with van der Waals surface area (Å²) in [6.07, 6.45) is 1.55. The molecule has 0 radical (unpaired) electrons. The normalized spacial score (nSPS) is 10.2. The first-order chi connectivity index (χ1) is 12.5. The molecule has 0 bridgehead atoms. The Labute approximate surface area is 156 Å². The Bertz CT molecular complexity index is 955. The number of nitrogens with one attached hydrogen (secondary N) is 2. The van der Waals surface area contributed by atoms with Gasteiger partial charge in [-0.3, -0.25) is 14.6 Å². The van der Waals surface area contributed by atoms with E-state index < -0.39 is 0 Å². The lowest BCUT2D eigenvalue weighted by atomic mass is 10.1. The maximum Gasteiger partial charge on any atom is 0.274 e. The summed E-state index contributed by atoms with van der Waals surface area (Å²) in [6, 6.07) is 17.4. The molecule has 0 atom stereocenters. The summed E-state index contributed by atoms with van der Waals surface area (Å²) in [5.74, 6) is -0.316. The fraction of sp³-hybridized carbons (Fsp3) is 0.0500. The number of rotatable bonds is 5. The number of benzene rings is 2. The van der Waals surface area contributed by atoms with Crippen LogP contribution >= 0.6 is 11.6 Å². The van der Waals surface area contributed by atoms with E-state index in [-0.39, 0.29) is 17.4 Å². The van der Waals surface area contributed by atoms with Crippen LogP contribution in [-0.2, 0) is 0 Å². The average Bonchev–Trinajstić information content (AvgIpc) is 2.62. The highest BCUT2D eigenvalue weighted by Gasteiger charge is 2.09. The molecule has 26 heavy (non-hydrogen) atoms. The average molecular weight is 366 g/mol. The Morgan fingerprint density at radius 1 is 0.923 bits per heavy atom. The van der Waals surface area contributed by atoms with E-state index >= 15 is 0 Å². The third kappa shape index (κ3) is 4.46. The maximum absolute atomic E-state index is 12.4. The van der Waals surface area contributed by atoms with E-state index in [0.29, 0.717) is 22.0 Å². The summed E-state index contributed by atoms with van der Waals surface area (Å²) in [6.45, 7) is 1.52. The third-order valence-corrected chi connectivity index (χ3v) is 3.89. The number of amides is 1. The van der Waals surface area contributed by atoms with Gasteiger partial charge in [-0.15, -0.1) is 0 Å². The fourth-order valence-electron chi connectivity index (χ4n) is 2.35. The van der Waals surface area contributed by atoms with Crippen LogP contribution < -0.4 is 10.6 Å². The van der Waals surface area contributed by atoms with Crippen molar-refractivity contribution in [2.45, 2.75) is 6.92 Å². The van der Waals surface area contributed by atoms with Crippen molar-refractivity contribution in [2.75, 3.05) is 10.6 Å². The number of ketones is 1. The summed E-state index contributed by atoms with van der Waals surface area (Å²) in [5.41, 5.74) is 3.04. The Balaban J connectivity index is 1.73. The summed E-state index contributed by atoms with van der Waals surface area (Å²) in [4.78, 5) is 27.8. The third-order valence-electron chi connectivity index (χ3n) is 3.66. The molecule has 3 aromatic rings. The molecule has 0 saturated heterocycles. The van der Waals surface area contributed by atoms with Gasteiger partial charge < -0.3 is 10.6 Å². The second-order valence-corrected chi connectivity index (χ2v) is 6.09. The zero-order valence-corrected chi connectivity index (χ0v) is 14.7. The van der Waals surface area contributed by atoms with Gasteiger partial charge in [0.1, 0.15) is 5.69 Å². The lowest BCUT2D eigenvalue weighted by Gasteiger charge is -2.09. The van der Waals surface area contributed by atoms with E-state index in [0.717, 1.165) is 5.69 Å². The van der Waals surface area contributed by atoms with Gasteiger partial charge in [0.25, 0.3) is 5.91 Å². The molecule has 0 aliphatic rings. The molecule has 0 spiro atoms. The van der Waals surface area contributed by atoms with Gasteiger partial charge in [-0.2, -0.15) is 0 Å². The van der Waals surface area contributed by atoms with Gasteiger partial charge in [0.05, 0.1) is 0 Å². The molecule has 6 heteroatoms. The summed E-state index contributed by atoms with van der Waals surface area (Å²) < 4.78 is 0. The monoisotopic (exact) mass is 365 g/mol. The molecule has 0 aliphatic carbocycles. The summed E-state index contributed by atoms with van der Waals surface area (Å²) >= 11 is 5.92. The maximum atomic E-state index is 12.4. The largest absolute Gasteiger partial charge is 0.355 e. The van der Waals surface area contributed by atoms with Crippen molar-refractivity contribution in [3.8, 4) is 0 Å². The van der Waals surface area contributed by atoms with E-state index in [1.165, 1.54) is 6.92 Å². The highest BCUT2D eigenvalue weighted by atomic mass is 35.5. The molecule has 2 N–H and O–H groups in total. The standard InChI is InChI=1S/C20H16ClN3O2/c1-13(25)14-5-7-16(8-6-14)23-18-9-10-22-19(12-18)20(26)24-17-4-2-3-15(21)11-17/h2-12H,1H3,(H,22,23)(H,24,26). The first-order valence-electron chi connectivity index (χ1n) is 7.92. The number of pyridine rings is 1. The SMILES string of the molecule is CC(=O)c1ccc(Nc2ccnc(C(=O)Nc3cccc(Cl)c3)c2)cc1. The van der Waals surface area contributed by atoms with Crippen molar-refractivity contribution in [3.05, 3.63) is 83.1 Å². The van der Waals surface area contributed by atoms with Crippen LogP contribution in [0.3, 0.4) is 0 Å². The van der Waals surface area contributed by atoms with Crippen molar-refractivity contribution < 1.29 is 9.59 Å². The van der Waals surface area contributed by atoms with Crippen LogP contribution in [0.1, 0.15) is 27.8 Å². The number of hydrogen-bond acceptors (Lipinski definition) is 4. The molecule has 1 amide bonds. The molecule has 1 heterocycles. The van der Waals surface area contributed by atoms with E-state index in [4.69, 9.17) is 11.6 Å². The molecule has 130 valence electrons. The quantitative estimate of drug-likeness (QED) is 0.628. The topological polar surface area (TPSA) is 71.1 Å².